The standard InChI is InChI=1S/C16H18N2O3S/c1-3-21-15-11-9-14(10-12-15)13(2)17-18-22(19,20)16-7-5-4-6-8-16/h4-12,18H,3H2,1-2H3/b17-13+. The maximum absolute atomic E-state index is 12.1. The van der Waals surface area contributed by atoms with Crippen LogP contribution in [0.5, 0.6) is 5.75 Å². The van der Waals surface area contributed by atoms with Crippen LogP contribution in [0.1, 0.15) is 19.4 Å². The van der Waals surface area contributed by atoms with Crippen molar-refractivity contribution in [1.29, 1.82) is 0 Å². The van der Waals surface area contributed by atoms with Crippen LogP contribution in [0.15, 0.2) is 64.6 Å². The molecule has 0 heterocycles. The van der Waals surface area contributed by atoms with Gasteiger partial charge in [-0.25, -0.2) is 0 Å². The molecule has 0 amide bonds. The van der Waals surface area contributed by atoms with Gasteiger partial charge >= 0.3 is 0 Å². The van der Waals surface area contributed by atoms with Gasteiger partial charge in [0.1, 0.15) is 5.75 Å². The van der Waals surface area contributed by atoms with Crippen molar-refractivity contribution in [3.63, 3.8) is 0 Å². The van der Waals surface area contributed by atoms with E-state index < -0.39 is 10.0 Å². The van der Waals surface area contributed by atoms with E-state index in [4.69, 9.17) is 4.74 Å². The Morgan fingerprint density at radius 3 is 2.32 bits per heavy atom. The Kier molecular flexibility index (Phi) is 5.16. The van der Waals surface area contributed by atoms with Crippen molar-refractivity contribution >= 4 is 15.7 Å². The van der Waals surface area contributed by atoms with Crippen LogP contribution in [0.2, 0.25) is 0 Å². The van der Waals surface area contributed by atoms with E-state index in [1.807, 2.05) is 31.2 Å². The van der Waals surface area contributed by atoms with E-state index in [-0.39, 0.29) is 4.90 Å². The first-order valence-electron chi connectivity index (χ1n) is 6.87. The lowest BCUT2D eigenvalue weighted by Crippen LogP contribution is -2.19. The van der Waals surface area contributed by atoms with Crippen LogP contribution in [-0.2, 0) is 10.0 Å². The molecule has 2 aromatic rings. The van der Waals surface area contributed by atoms with Crippen molar-refractivity contribution in [2.75, 3.05) is 6.61 Å². The van der Waals surface area contributed by atoms with Crippen LogP contribution >= 0.6 is 0 Å². The van der Waals surface area contributed by atoms with E-state index in [1.54, 1.807) is 25.1 Å². The minimum Gasteiger partial charge on any atom is -0.494 e. The molecule has 116 valence electrons. The second kappa shape index (κ2) is 7.09. The molecule has 5 nitrogen and oxygen atoms in total. The maximum atomic E-state index is 12.1. The van der Waals surface area contributed by atoms with Crippen molar-refractivity contribution in [3.8, 4) is 5.75 Å². The van der Waals surface area contributed by atoms with Crippen molar-refractivity contribution in [2.24, 2.45) is 5.10 Å². The first-order valence-corrected chi connectivity index (χ1v) is 8.35. The molecule has 22 heavy (non-hydrogen) atoms. The van der Waals surface area contributed by atoms with Gasteiger partial charge in [-0.15, -0.1) is 0 Å². The predicted molar refractivity (Wildman–Crippen MR) is 86.6 cm³/mol. The smallest absolute Gasteiger partial charge is 0.276 e. The molecule has 1 N–H and O–H groups in total. The fourth-order valence-corrected chi connectivity index (χ4v) is 2.68. The molecule has 6 heteroatoms. The maximum Gasteiger partial charge on any atom is 0.276 e. The van der Waals surface area contributed by atoms with E-state index >= 15 is 0 Å². The quantitative estimate of drug-likeness (QED) is 0.658. The Labute approximate surface area is 130 Å². The summed E-state index contributed by atoms with van der Waals surface area (Å²) in [5, 5.41) is 3.96. The fourth-order valence-electron chi connectivity index (χ4n) is 1.80. The Morgan fingerprint density at radius 1 is 1.09 bits per heavy atom. The Hall–Kier alpha value is -2.34. The number of hydrazone groups is 1. The number of ether oxygens (including phenoxy) is 1. The summed E-state index contributed by atoms with van der Waals surface area (Å²) in [4.78, 5) is 2.42. The van der Waals surface area contributed by atoms with Crippen LogP contribution in [0, 0.1) is 0 Å². The van der Waals surface area contributed by atoms with Gasteiger partial charge in [-0.2, -0.15) is 18.4 Å². The zero-order valence-electron chi connectivity index (χ0n) is 12.5. The highest BCUT2D eigenvalue weighted by atomic mass is 32.2. The van der Waals surface area contributed by atoms with Gasteiger partial charge in [0.05, 0.1) is 17.2 Å². The lowest BCUT2D eigenvalue weighted by Gasteiger charge is -2.06. The minimum absolute atomic E-state index is 0.179. The number of hydrogen-bond donors (Lipinski definition) is 1. The summed E-state index contributed by atoms with van der Waals surface area (Å²) in [7, 11) is -3.64. The zero-order chi connectivity index (χ0) is 16.0. The summed E-state index contributed by atoms with van der Waals surface area (Å²) in [5.41, 5.74) is 1.39. The Balaban J connectivity index is 2.12. The van der Waals surface area contributed by atoms with Crippen LogP contribution < -0.4 is 9.57 Å². The molecule has 2 aromatic carbocycles. The van der Waals surface area contributed by atoms with Crippen molar-refractivity contribution < 1.29 is 13.2 Å². The number of benzene rings is 2. The third kappa shape index (κ3) is 4.08. The van der Waals surface area contributed by atoms with E-state index in [9.17, 15) is 8.42 Å². The van der Waals surface area contributed by atoms with Crippen LogP contribution in [0.25, 0.3) is 0 Å². The second-order valence-corrected chi connectivity index (χ2v) is 6.22. The Morgan fingerprint density at radius 2 is 1.73 bits per heavy atom. The first kappa shape index (κ1) is 16.0. The van der Waals surface area contributed by atoms with Gasteiger partial charge in [0.15, 0.2) is 0 Å². The summed E-state index contributed by atoms with van der Waals surface area (Å²) in [5.74, 6) is 0.768. The topological polar surface area (TPSA) is 67.8 Å². The lowest BCUT2D eigenvalue weighted by atomic mass is 10.1. The van der Waals surface area contributed by atoms with Gasteiger partial charge in [0, 0.05) is 0 Å². The largest absolute Gasteiger partial charge is 0.494 e. The molecule has 0 fully saturated rings. The monoisotopic (exact) mass is 318 g/mol. The van der Waals surface area contributed by atoms with Gasteiger partial charge in [-0.05, 0) is 55.8 Å². The summed E-state index contributed by atoms with van der Waals surface area (Å²) in [6.07, 6.45) is 0. The van der Waals surface area contributed by atoms with Gasteiger partial charge in [0.25, 0.3) is 10.0 Å². The molecule has 0 aliphatic heterocycles. The summed E-state index contributed by atoms with van der Waals surface area (Å²) in [6, 6.07) is 15.4. The average molecular weight is 318 g/mol. The minimum atomic E-state index is -3.64. The lowest BCUT2D eigenvalue weighted by molar-refractivity contribution is 0.340. The van der Waals surface area contributed by atoms with Crippen molar-refractivity contribution in [2.45, 2.75) is 18.7 Å². The summed E-state index contributed by atoms with van der Waals surface area (Å²) in [6.45, 7) is 4.26. The molecule has 0 aliphatic carbocycles. The highest BCUT2D eigenvalue weighted by Crippen LogP contribution is 2.13. The molecule has 0 saturated heterocycles. The van der Waals surface area contributed by atoms with E-state index in [1.165, 1.54) is 12.1 Å². The van der Waals surface area contributed by atoms with Crippen LogP contribution in [0.4, 0.5) is 0 Å². The summed E-state index contributed by atoms with van der Waals surface area (Å²) < 4.78 is 29.5. The van der Waals surface area contributed by atoms with Gasteiger partial charge in [-0.1, -0.05) is 18.2 Å². The number of rotatable bonds is 6. The molecule has 0 unspecified atom stereocenters. The molecule has 0 aliphatic rings. The first-order chi connectivity index (χ1) is 10.5. The molecule has 0 saturated carbocycles. The van der Waals surface area contributed by atoms with Gasteiger partial charge in [-0.3, -0.25) is 0 Å². The molecule has 0 bridgehead atoms. The molecular weight excluding hydrogens is 300 g/mol. The average Bonchev–Trinajstić information content (AvgIpc) is 2.54. The van der Waals surface area contributed by atoms with Crippen LogP contribution in [-0.4, -0.2) is 20.7 Å². The molecule has 0 atom stereocenters. The predicted octanol–water partition coefficient (Wildman–Crippen LogP) is 2.79. The zero-order valence-corrected chi connectivity index (χ0v) is 13.3. The Bertz CT molecular complexity index is 739. The van der Waals surface area contributed by atoms with E-state index in [2.05, 4.69) is 9.93 Å². The van der Waals surface area contributed by atoms with Gasteiger partial charge in [0.2, 0.25) is 0 Å². The SMILES string of the molecule is CCOc1ccc(/C(C)=N/NS(=O)(=O)c2ccccc2)cc1. The highest BCUT2D eigenvalue weighted by Gasteiger charge is 2.11. The molecule has 2 rings (SSSR count). The number of nitrogens with one attached hydrogen (secondary N) is 1. The normalized spacial score (nSPS) is 12.0. The number of hydrogen-bond acceptors (Lipinski definition) is 4. The van der Waals surface area contributed by atoms with Gasteiger partial charge < -0.3 is 4.74 Å². The third-order valence-corrected chi connectivity index (χ3v) is 4.19. The highest BCUT2D eigenvalue weighted by molar-refractivity contribution is 7.89. The third-order valence-electron chi connectivity index (χ3n) is 2.97. The van der Waals surface area contributed by atoms with Crippen molar-refractivity contribution in [1.82, 2.24) is 4.83 Å². The summed E-state index contributed by atoms with van der Waals surface area (Å²) >= 11 is 0. The van der Waals surface area contributed by atoms with Crippen LogP contribution in [0.3, 0.4) is 0 Å². The fraction of sp³-hybridized carbons (Fsp3) is 0.188. The molecule has 0 aromatic heterocycles. The molecule has 0 spiro atoms. The molecule has 0 radical (unpaired) electrons. The number of sulfonamides is 1. The van der Waals surface area contributed by atoms with E-state index in [0.717, 1.165) is 11.3 Å². The van der Waals surface area contributed by atoms with Crippen molar-refractivity contribution in [3.05, 3.63) is 60.2 Å². The van der Waals surface area contributed by atoms with E-state index in [0.29, 0.717) is 12.3 Å². The molecular formula is C16H18N2O3S. The second-order valence-electron chi connectivity index (χ2n) is 4.56. The number of nitrogens with zero attached hydrogens (tertiary/aromatic N) is 1.